The molecule has 24 heavy (non-hydrogen) atoms. The van der Waals surface area contributed by atoms with Crippen LogP contribution in [0.15, 0.2) is 36.8 Å². The number of carbonyl (C=O) groups excluding carboxylic acids is 1. The molecule has 1 aromatic heterocycles. The Hall–Kier alpha value is -2.34. The highest BCUT2D eigenvalue weighted by Crippen LogP contribution is 2.27. The van der Waals surface area contributed by atoms with Crippen molar-refractivity contribution >= 4 is 5.91 Å². The van der Waals surface area contributed by atoms with Crippen LogP contribution in [-0.2, 0) is 16.0 Å². The molecule has 2 heterocycles. The van der Waals surface area contributed by atoms with Crippen molar-refractivity contribution in [2.45, 2.75) is 25.4 Å². The Labute approximate surface area is 141 Å². The zero-order valence-corrected chi connectivity index (χ0v) is 14.1. The van der Waals surface area contributed by atoms with Gasteiger partial charge in [0.25, 0.3) is 0 Å². The van der Waals surface area contributed by atoms with Gasteiger partial charge in [0.05, 0.1) is 19.3 Å². The lowest BCUT2D eigenvalue weighted by molar-refractivity contribution is -0.131. The van der Waals surface area contributed by atoms with Crippen LogP contribution in [0, 0.1) is 6.92 Å². The molecular weight excluding hydrogens is 306 g/mol. The number of aryl methyl sites for hydroxylation is 1. The topological polar surface area (TPSA) is 67.5 Å². The summed E-state index contributed by atoms with van der Waals surface area (Å²) >= 11 is 0. The van der Waals surface area contributed by atoms with Crippen molar-refractivity contribution < 1.29 is 14.3 Å². The molecule has 1 fully saturated rings. The minimum atomic E-state index is -0.452. The maximum absolute atomic E-state index is 12.4. The number of H-pyrrole nitrogens is 1. The lowest BCUT2D eigenvalue weighted by Gasteiger charge is -2.28. The van der Waals surface area contributed by atoms with Gasteiger partial charge in [-0.1, -0.05) is 18.2 Å². The van der Waals surface area contributed by atoms with E-state index in [1.54, 1.807) is 19.6 Å². The summed E-state index contributed by atoms with van der Waals surface area (Å²) in [4.78, 5) is 21.2. The maximum atomic E-state index is 12.4. The van der Waals surface area contributed by atoms with Gasteiger partial charge in [-0.2, -0.15) is 0 Å². The quantitative estimate of drug-likeness (QED) is 0.880. The number of para-hydroxylation sites is 1. The molecule has 128 valence electrons. The Morgan fingerprint density at radius 3 is 2.96 bits per heavy atom. The number of ether oxygens (including phenoxy) is 2. The van der Waals surface area contributed by atoms with E-state index in [2.05, 4.69) is 9.97 Å². The molecule has 1 N–H and O–H groups in total. The summed E-state index contributed by atoms with van der Waals surface area (Å²) in [6, 6.07) is 7.91. The highest BCUT2D eigenvalue weighted by atomic mass is 16.5. The fourth-order valence-corrected chi connectivity index (χ4v) is 2.98. The Bertz CT molecular complexity index is 687. The third-order valence-electron chi connectivity index (χ3n) is 4.58. The summed E-state index contributed by atoms with van der Waals surface area (Å²) in [5.41, 5.74) is 1.46. The molecule has 0 bridgehead atoms. The molecule has 1 unspecified atom stereocenters. The molecule has 1 amide bonds. The Morgan fingerprint density at radius 2 is 2.25 bits per heavy atom. The third-order valence-corrected chi connectivity index (χ3v) is 4.58. The van der Waals surface area contributed by atoms with Gasteiger partial charge >= 0.3 is 0 Å². The van der Waals surface area contributed by atoms with Crippen molar-refractivity contribution in [1.82, 2.24) is 14.9 Å². The molecular formula is C18H23N3O3. The molecule has 1 aliphatic heterocycles. The van der Waals surface area contributed by atoms with Crippen LogP contribution >= 0.6 is 0 Å². The fourth-order valence-electron chi connectivity index (χ4n) is 2.98. The van der Waals surface area contributed by atoms with Crippen LogP contribution in [0.2, 0.25) is 0 Å². The normalized spacial score (nSPS) is 20.3. The second-order valence-electron chi connectivity index (χ2n) is 6.26. The van der Waals surface area contributed by atoms with E-state index >= 15 is 0 Å². The second-order valence-corrected chi connectivity index (χ2v) is 6.26. The summed E-state index contributed by atoms with van der Waals surface area (Å²) in [6.45, 7) is 3.67. The number of aromatic amines is 1. The van der Waals surface area contributed by atoms with E-state index in [1.807, 2.05) is 36.1 Å². The number of hydrogen-bond acceptors (Lipinski definition) is 4. The van der Waals surface area contributed by atoms with Crippen molar-refractivity contribution in [3.63, 3.8) is 0 Å². The number of imidazole rings is 1. The van der Waals surface area contributed by atoms with Gasteiger partial charge in [-0.15, -0.1) is 0 Å². The predicted octanol–water partition coefficient (Wildman–Crippen LogP) is 1.96. The van der Waals surface area contributed by atoms with Gasteiger partial charge in [0, 0.05) is 25.5 Å². The maximum Gasteiger partial charge on any atom is 0.228 e. The van der Waals surface area contributed by atoms with Crippen LogP contribution in [0.4, 0.5) is 0 Å². The molecule has 1 atom stereocenters. The van der Waals surface area contributed by atoms with Crippen molar-refractivity contribution in [3.05, 3.63) is 48.0 Å². The first-order valence-electron chi connectivity index (χ1n) is 8.10. The lowest BCUT2D eigenvalue weighted by Crippen LogP contribution is -2.42. The standard InChI is InChI=1S/C18H23N3O3/c1-14-5-3-4-6-16(14)24-12-18(23-2)7-8-21(11-18)17(22)9-15-10-19-13-20-15/h3-6,10,13H,7-9,11-12H2,1-2H3,(H,19,20). The summed E-state index contributed by atoms with van der Waals surface area (Å²) in [6.07, 6.45) is 4.36. The van der Waals surface area contributed by atoms with Crippen LogP contribution in [-0.4, -0.2) is 53.2 Å². The van der Waals surface area contributed by atoms with Gasteiger partial charge in [-0.3, -0.25) is 4.79 Å². The van der Waals surface area contributed by atoms with Gasteiger partial charge < -0.3 is 19.4 Å². The molecule has 1 aliphatic rings. The van der Waals surface area contributed by atoms with E-state index in [1.165, 1.54) is 0 Å². The van der Waals surface area contributed by atoms with E-state index in [0.717, 1.165) is 23.4 Å². The first-order valence-corrected chi connectivity index (χ1v) is 8.10. The molecule has 3 rings (SSSR count). The first kappa shape index (κ1) is 16.5. The summed E-state index contributed by atoms with van der Waals surface area (Å²) in [5.74, 6) is 0.935. The van der Waals surface area contributed by atoms with E-state index in [4.69, 9.17) is 9.47 Å². The largest absolute Gasteiger partial charge is 0.490 e. The number of nitrogens with one attached hydrogen (secondary N) is 1. The monoisotopic (exact) mass is 329 g/mol. The second kappa shape index (κ2) is 7.05. The number of likely N-dealkylation sites (tertiary alicyclic amines) is 1. The van der Waals surface area contributed by atoms with Crippen LogP contribution in [0.5, 0.6) is 5.75 Å². The average molecular weight is 329 g/mol. The van der Waals surface area contributed by atoms with Gasteiger partial charge in [0.15, 0.2) is 0 Å². The molecule has 1 aromatic carbocycles. The number of methoxy groups -OCH3 is 1. The molecule has 6 nitrogen and oxygen atoms in total. The molecule has 0 saturated carbocycles. The van der Waals surface area contributed by atoms with Crippen molar-refractivity contribution in [3.8, 4) is 5.75 Å². The highest BCUT2D eigenvalue weighted by molar-refractivity contribution is 5.78. The summed E-state index contributed by atoms with van der Waals surface area (Å²) in [5, 5.41) is 0. The number of nitrogens with zero attached hydrogens (tertiary/aromatic N) is 2. The lowest BCUT2D eigenvalue weighted by atomic mass is 10.0. The third kappa shape index (κ3) is 3.59. The zero-order valence-electron chi connectivity index (χ0n) is 14.1. The number of benzene rings is 1. The summed E-state index contributed by atoms with van der Waals surface area (Å²) in [7, 11) is 1.68. The van der Waals surface area contributed by atoms with Gasteiger partial charge in [0.2, 0.25) is 5.91 Å². The Kier molecular flexibility index (Phi) is 4.85. The van der Waals surface area contributed by atoms with Gasteiger partial charge in [-0.25, -0.2) is 4.98 Å². The van der Waals surface area contributed by atoms with Crippen molar-refractivity contribution in [1.29, 1.82) is 0 Å². The molecule has 0 radical (unpaired) electrons. The average Bonchev–Trinajstić information content (AvgIpc) is 3.24. The predicted molar refractivity (Wildman–Crippen MR) is 89.9 cm³/mol. The van der Waals surface area contributed by atoms with Crippen LogP contribution in [0.1, 0.15) is 17.7 Å². The molecule has 1 saturated heterocycles. The van der Waals surface area contributed by atoms with Crippen LogP contribution < -0.4 is 4.74 Å². The number of hydrogen-bond donors (Lipinski definition) is 1. The summed E-state index contributed by atoms with van der Waals surface area (Å²) < 4.78 is 11.7. The Balaban J connectivity index is 1.60. The minimum absolute atomic E-state index is 0.0778. The van der Waals surface area contributed by atoms with E-state index in [0.29, 0.717) is 26.1 Å². The van der Waals surface area contributed by atoms with Crippen LogP contribution in [0.3, 0.4) is 0 Å². The number of carbonyl (C=O) groups is 1. The molecule has 6 heteroatoms. The van der Waals surface area contributed by atoms with E-state index in [-0.39, 0.29) is 5.91 Å². The van der Waals surface area contributed by atoms with Gasteiger partial charge in [-0.05, 0) is 25.0 Å². The zero-order chi connectivity index (χ0) is 17.0. The first-order chi connectivity index (χ1) is 11.6. The number of aromatic nitrogens is 2. The Morgan fingerprint density at radius 1 is 1.42 bits per heavy atom. The van der Waals surface area contributed by atoms with Crippen molar-refractivity contribution in [2.24, 2.45) is 0 Å². The highest BCUT2D eigenvalue weighted by Gasteiger charge is 2.41. The van der Waals surface area contributed by atoms with Crippen LogP contribution in [0.25, 0.3) is 0 Å². The molecule has 0 spiro atoms. The smallest absolute Gasteiger partial charge is 0.228 e. The SMILES string of the molecule is COC1(COc2ccccc2C)CCN(C(=O)Cc2cnc[nH]2)C1. The van der Waals surface area contributed by atoms with Crippen molar-refractivity contribution in [2.75, 3.05) is 26.8 Å². The van der Waals surface area contributed by atoms with E-state index < -0.39 is 5.60 Å². The van der Waals surface area contributed by atoms with E-state index in [9.17, 15) is 4.79 Å². The molecule has 0 aliphatic carbocycles. The number of amides is 1. The van der Waals surface area contributed by atoms with Gasteiger partial charge in [0.1, 0.15) is 18.0 Å². The fraction of sp³-hybridized carbons (Fsp3) is 0.444. The molecule has 2 aromatic rings. The minimum Gasteiger partial charge on any atom is -0.490 e. The number of rotatable bonds is 6.